The maximum Gasteiger partial charge on any atom is 0.0555 e. The number of hydrogen-bond acceptors (Lipinski definition) is 3. The molecule has 18 heavy (non-hydrogen) atoms. The van der Waals surface area contributed by atoms with E-state index in [1.807, 2.05) is 18.2 Å². The lowest BCUT2D eigenvalue weighted by Crippen LogP contribution is -2.21. The lowest BCUT2D eigenvalue weighted by atomic mass is 10.1. The summed E-state index contributed by atoms with van der Waals surface area (Å²) in [7, 11) is 0. The molecule has 96 valence electrons. The topological polar surface area (TPSA) is 49.5 Å². The van der Waals surface area contributed by atoms with Crippen LogP contribution in [0.15, 0.2) is 24.3 Å². The van der Waals surface area contributed by atoms with Gasteiger partial charge in [-0.15, -0.1) is 0 Å². The number of nitrogens with zero attached hydrogens (tertiary/aromatic N) is 1. The zero-order valence-corrected chi connectivity index (χ0v) is 10.6. The van der Waals surface area contributed by atoms with Crippen molar-refractivity contribution in [1.82, 2.24) is 4.90 Å². The number of nitrogens with two attached hydrogens (primary N) is 1. The predicted molar refractivity (Wildman–Crippen MR) is 72.8 cm³/mol. The Labute approximate surface area is 109 Å². The van der Waals surface area contributed by atoms with Gasteiger partial charge in [-0.2, -0.15) is 0 Å². The minimum absolute atomic E-state index is 0.297. The second-order valence-electron chi connectivity index (χ2n) is 4.74. The van der Waals surface area contributed by atoms with Crippen molar-refractivity contribution in [1.29, 1.82) is 0 Å². The summed E-state index contributed by atoms with van der Waals surface area (Å²) >= 11 is 0. The van der Waals surface area contributed by atoms with Gasteiger partial charge in [0.1, 0.15) is 0 Å². The summed E-state index contributed by atoms with van der Waals surface area (Å²) in [4.78, 5) is 2.38. The van der Waals surface area contributed by atoms with Gasteiger partial charge >= 0.3 is 0 Å². The van der Waals surface area contributed by atoms with Gasteiger partial charge < -0.3 is 10.8 Å². The van der Waals surface area contributed by atoms with Crippen molar-refractivity contribution >= 4 is 0 Å². The van der Waals surface area contributed by atoms with Crippen LogP contribution in [0.25, 0.3) is 0 Å². The Morgan fingerprint density at radius 1 is 1.39 bits per heavy atom. The van der Waals surface area contributed by atoms with E-state index in [4.69, 9.17) is 10.8 Å². The van der Waals surface area contributed by atoms with Gasteiger partial charge in [-0.25, -0.2) is 0 Å². The minimum atomic E-state index is 0.297. The first-order valence-corrected chi connectivity index (χ1v) is 6.43. The summed E-state index contributed by atoms with van der Waals surface area (Å²) in [5, 5.41) is 9.16. The van der Waals surface area contributed by atoms with Crippen molar-refractivity contribution in [3.63, 3.8) is 0 Å². The van der Waals surface area contributed by atoms with Gasteiger partial charge in [0.25, 0.3) is 0 Å². The fourth-order valence-corrected chi connectivity index (χ4v) is 2.37. The van der Waals surface area contributed by atoms with Crippen molar-refractivity contribution in [3.8, 4) is 11.8 Å². The number of aliphatic hydroxyl groups is 1. The van der Waals surface area contributed by atoms with Crippen molar-refractivity contribution in [3.05, 3.63) is 35.4 Å². The summed E-state index contributed by atoms with van der Waals surface area (Å²) in [5.41, 5.74) is 7.73. The lowest BCUT2D eigenvalue weighted by molar-refractivity contribution is 0.220. The van der Waals surface area contributed by atoms with Crippen LogP contribution in [-0.4, -0.2) is 36.2 Å². The van der Waals surface area contributed by atoms with E-state index < -0.39 is 0 Å². The zero-order chi connectivity index (χ0) is 12.8. The Morgan fingerprint density at radius 2 is 2.22 bits per heavy atom. The average molecular weight is 244 g/mol. The summed E-state index contributed by atoms with van der Waals surface area (Å²) < 4.78 is 0. The molecule has 0 saturated carbocycles. The molecule has 0 spiro atoms. The van der Waals surface area contributed by atoms with Crippen LogP contribution in [0.3, 0.4) is 0 Å². The van der Waals surface area contributed by atoms with Crippen molar-refractivity contribution < 1.29 is 5.11 Å². The number of aliphatic hydroxyl groups excluding tert-OH is 1. The molecule has 1 aliphatic rings. The van der Waals surface area contributed by atoms with Gasteiger partial charge in [0.2, 0.25) is 0 Å². The first-order chi connectivity index (χ1) is 8.83. The van der Waals surface area contributed by atoms with E-state index in [9.17, 15) is 0 Å². The van der Waals surface area contributed by atoms with E-state index >= 15 is 0 Å². The summed E-state index contributed by atoms with van der Waals surface area (Å²) in [5.74, 6) is 6.47. The maximum atomic E-state index is 9.16. The van der Waals surface area contributed by atoms with Crippen LogP contribution in [0.5, 0.6) is 0 Å². The van der Waals surface area contributed by atoms with E-state index in [0.717, 1.165) is 31.6 Å². The third-order valence-corrected chi connectivity index (χ3v) is 3.36. The van der Waals surface area contributed by atoms with Crippen molar-refractivity contribution in [2.75, 3.05) is 26.2 Å². The Morgan fingerprint density at radius 3 is 2.94 bits per heavy atom. The van der Waals surface area contributed by atoms with E-state index in [1.165, 1.54) is 5.56 Å². The fraction of sp³-hybridized carbons (Fsp3) is 0.467. The summed E-state index contributed by atoms with van der Waals surface area (Å²) in [6.45, 7) is 3.64. The molecule has 3 N–H and O–H groups in total. The van der Waals surface area contributed by atoms with Crippen LogP contribution >= 0.6 is 0 Å². The maximum absolute atomic E-state index is 9.16. The van der Waals surface area contributed by atoms with E-state index in [1.54, 1.807) is 0 Å². The Bertz CT molecular complexity index is 447. The highest BCUT2D eigenvalue weighted by molar-refractivity contribution is 5.41. The second kappa shape index (κ2) is 6.55. The molecule has 1 heterocycles. The van der Waals surface area contributed by atoms with Crippen LogP contribution in [0.2, 0.25) is 0 Å². The van der Waals surface area contributed by atoms with Crippen molar-refractivity contribution in [2.45, 2.75) is 13.0 Å². The molecule has 0 radical (unpaired) electrons. The van der Waals surface area contributed by atoms with E-state index in [-0.39, 0.29) is 0 Å². The molecule has 2 rings (SSSR count). The van der Waals surface area contributed by atoms with Crippen molar-refractivity contribution in [2.24, 2.45) is 11.7 Å². The van der Waals surface area contributed by atoms with Gasteiger partial charge in [-0.1, -0.05) is 30.0 Å². The van der Waals surface area contributed by atoms with Gasteiger partial charge in [0, 0.05) is 25.3 Å². The van der Waals surface area contributed by atoms with Crippen LogP contribution in [0.1, 0.15) is 17.5 Å². The fourth-order valence-electron chi connectivity index (χ4n) is 2.37. The molecule has 1 atom stereocenters. The first kappa shape index (κ1) is 13.1. The molecular formula is C15H20N2O. The predicted octanol–water partition coefficient (Wildman–Crippen LogP) is 0.811. The van der Waals surface area contributed by atoms with Crippen LogP contribution < -0.4 is 5.73 Å². The average Bonchev–Trinajstić information content (AvgIpc) is 2.85. The third kappa shape index (κ3) is 3.33. The smallest absolute Gasteiger partial charge is 0.0555 e. The molecule has 3 heteroatoms. The molecule has 0 aromatic heterocycles. The Balaban J connectivity index is 2.05. The molecule has 3 nitrogen and oxygen atoms in total. The van der Waals surface area contributed by atoms with Crippen LogP contribution in [0.4, 0.5) is 0 Å². The standard InChI is InChI=1S/C15H20N2O/c16-8-3-6-14-4-1-2-5-15(14)11-17-9-7-13(10-17)12-18/h1-2,4-5,13,18H,7-12,16H2. The lowest BCUT2D eigenvalue weighted by Gasteiger charge is -2.16. The molecule has 1 aromatic carbocycles. The highest BCUT2D eigenvalue weighted by Gasteiger charge is 2.21. The van der Waals surface area contributed by atoms with Crippen LogP contribution in [-0.2, 0) is 6.54 Å². The molecule has 0 aliphatic carbocycles. The van der Waals surface area contributed by atoms with Crippen LogP contribution in [0, 0.1) is 17.8 Å². The number of benzene rings is 1. The molecule has 1 aliphatic heterocycles. The molecule has 0 bridgehead atoms. The molecule has 1 aromatic rings. The van der Waals surface area contributed by atoms with E-state index in [0.29, 0.717) is 19.1 Å². The normalized spacial score (nSPS) is 19.6. The molecule has 1 saturated heterocycles. The number of hydrogen-bond donors (Lipinski definition) is 2. The Hall–Kier alpha value is -1.34. The molecule has 1 unspecified atom stereocenters. The third-order valence-electron chi connectivity index (χ3n) is 3.36. The zero-order valence-electron chi connectivity index (χ0n) is 10.6. The first-order valence-electron chi connectivity index (χ1n) is 6.43. The summed E-state index contributed by atoms with van der Waals surface area (Å²) in [6, 6.07) is 8.21. The Kier molecular flexibility index (Phi) is 4.77. The quantitative estimate of drug-likeness (QED) is 0.774. The molecular weight excluding hydrogens is 224 g/mol. The molecule has 0 amide bonds. The van der Waals surface area contributed by atoms with Gasteiger partial charge in [0.15, 0.2) is 0 Å². The monoisotopic (exact) mass is 244 g/mol. The van der Waals surface area contributed by atoms with Gasteiger partial charge in [0.05, 0.1) is 6.54 Å². The summed E-state index contributed by atoms with van der Waals surface area (Å²) in [6.07, 6.45) is 1.09. The minimum Gasteiger partial charge on any atom is -0.396 e. The highest BCUT2D eigenvalue weighted by atomic mass is 16.3. The highest BCUT2D eigenvalue weighted by Crippen LogP contribution is 2.19. The molecule has 1 fully saturated rings. The van der Waals surface area contributed by atoms with Gasteiger partial charge in [-0.3, -0.25) is 4.90 Å². The van der Waals surface area contributed by atoms with E-state index in [2.05, 4.69) is 22.8 Å². The second-order valence-corrected chi connectivity index (χ2v) is 4.74. The number of rotatable bonds is 3. The van der Waals surface area contributed by atoms with Gasteiger partial charge in [-0.05, 0) is 30.5 Å². The number of likely N-dealkylation sites (tertiary alicyclic amines) is 1. The largest absolute Gasteiger partial charge is 0.396 e. The SMILES string of the molecule is NCC#Cc1ccccc1CN1CCC(CO)C1.